The standard InChI is InChI=1S/C18H12ClN7O2/c19-12-6-7-15(20-9-12)22-18(28)13-3-1-2-4-14(13)21-17(27)11-5-8-16-23-24-25-26(16)10-11/h1-10H,(H,21,27)(H,20,22,28). The van der Waals surface area contributed by atoms with Gasteiger partial charge in [0.05, 0.1) is 21.8 Å². The van der Waals surface area contributed by atoms with E-state index in [4.69, 9.17) is 11.6 Å². The second-order valence-corrected chi connectivity index (χ2v) is 6.15. The van der Waals surface area contributed by atoms with Crippen molar-refractivity contribution in [2.75, 3.05) is 10.6 Å². The van der Waals surface area contributed by atoms with Crippen molar-refractivity contribution in [2.24, 2.45) is 0 Å². The Morgan fingerprint density at radius 2 is 1.82 bits per heavy atom. The van der Waals surface area contributed by atoms with Gasteiger partial charge >= 0.3 is 0 Å². The quantitative estimate of drug-likeness (QED) is 0.551. The molecule has 0 bridgehead atoms. The molecule has 4 rings (SSSR count). The number of halogens is 1. The van der Waals surface area contributed by atoms with Gasteiger partial charge in [-0.1, -0.05) is 23.7 Å². The fourth-order valence-corrected chi connectivity index (χ4v) is 2.61. The first kappa shape index (κ1) is 17.6. The molecule has 1 aromatic carbocycles. The molecule has 0 aliphatic carbocycles. The van der Waals surface area contributed by atoms with E-state index in [1.165, 1.54) is 16.9 Å². The lowest BCUT2D eigenvalue weighted by Crippen LogP contribution is -2.19. The van der Waals surface area contributed by atoms with Crippen LogP contribution in [0.5, 0.6) is 0 Å². The molecule has 3 heterocycles. The summed E-state index contributed by atoms with van der Waals surface area (Å²) in [7, 11) is 0. The number of benzene rings is 1. The number of pyridine rings is 2. The zero-order chi connectivity index (χ0) is 19.5. The lowest BCUT2D eigenvalue weighted by molar-refractivity contribution is 0.102. The van der Waals surface area contributed by atoms with Crippen LogP contribution in [-0.4, -0.2) is 36.8 Å². The number of nitrogens with zero attached hydrogens (tertiary/aromatic N) is 5. The van der Waals surface area contributed by atoms with Crippen molar-refractivity contribution >= 4 is 40.6 Å². The highest BCUT2D eigenvalue weighted by Crippen LogP contribution is 2.18. The van der Waals surface area contributed by atoms with Crippen LogP contribution in [0.2, 0.25) is 5.02 Å². The molecule has 0 spiro atoms. The summed E-state index contributed by atoms with van der Waals surface area (Å²) in [5.41, 5.74) is 1.51. The van der Waals surface area contributed by atoms with Crippen LogP contribution in [0.1, 0.15) is 20.7 Å². The van der Waals surface area contributed by atoms with Gasteiger partial charge in [0.1, 0.15) is 5.82 Å². The zero-order valence-electron chi connectivity index (χ0n) is 14.2. The molecule has 0 atom stereocenters. The van der Waals surface area contributed by atoms with Crippen LogP contribution in [0.25, 0.3) is 5.65 Å². The van der Waals surface area contributed by atoms with Gasteiger partial charge in [0.25, 0.3) is 11.8 Å². The minimum absolute atomic E-state index is 0.288. The second kappa shape index (κ2) is 7.41. The predicted octanol–water partition coefficient (Wildman–Crippen LogP) is 2.68. The lowest BCUT2D eigenvalue weighted by Gasteiger charge is -2.11. The van der Waals surface area contributed by atoms with Crippen LogP contribution in [-0.2, 0) is 0 Å². The minimum Gasteiger partial charge on any atom is -0.321 e. The van der Waals surface area contributed by atoms with Gasteiger partial charge in [0.15, 0.2) is 5.65 Å². The third-order valence-corrected chi connectivity index (χ3v) is 4.07. The fraction of sp³-hybridized carbons (Fsp3) is 0. The molecule has 0 unspecified atom stereocenters. The lowest BCUT2D eigenvalue weighted by atomic mass is 10.1. The molecule has 0 saturated heterocycles. The summed E-state index contributed by atoms with van der Waals surface area (Å²) in [5.74, 6) is -0.469. The molecule has 0 radical (unpaired) electrons. The third-order valence-electron chi connectivity index (χ3n) is 3.84. The summed E-state index contributed by atoms with van der Waals surface area (Å²) >= 11 is 5.80. The van der Waals surface area contributed by atoms with Crippen molar-refractivity contribution in [3.63, 3.8) is 0 Å². The van der Waals surface area contributed by atoms with E-state index in [2.05, 4.69) is 31.1 Å². The molecule has 0 fully saturated rings. The van der Waals surface area contributed by atoms with Crippen LogP contribution in [0.4, 0.5) is 11.5 Å². The molecule has 0 aliphatic rings. The summed E-state index contributed by atoms with van der Waals surface area (Å²) in [6.07, 6.45) is 2.94. The van der Waals surface area contributed by atoms with Gasteiger partial charge in [0, 0.05) is 12.4 Å². The molecule has 9 nitrogen and oxygen atoms in total. The number of carbonyl (C=O) groups is 2. The molecule has 3 aromatic heterocycles. The molecule has 0 saturated carbocycles. The summed E-state index contributed by atoms with van der Waals surface area (Å²) in [6.45, 7) is 0. The summed E-state index contributed by atoms with van der Waals surface area (Å²) in [5, 5.41) is 17.0. The van der Waals surface area contributed by atoms with Gasteiger partial charge in [-0.25, -0.2) is 4.98 Å². The maximum Gasteiger partial charge on any atom is 0.258 e. The Hall–Kier alpha value is -3.85. The topological polar surface area (TPSA) is 114 Å². The Balaban J connectivity index is 1.55. The predicted molar refractivity (Wildman–Crippen MR) is 102 cm³/mol. The molecule has 0 aliphatic heterocycles. The first-order valence-corrected chi connectivity index (χ1v) is 8.49. The summed E-state index contributed by atoms with van der Waals surface area (Å²) in [6, 6.07) is 13.1. The van der Waals surface area contributed by atoms with E-state index in [-0.39, 0.29) is 5.56 Å². The molecule has 28 heavy (non-hydrogen) atoms. The Morgan fingerprint density at radius 1 is 0.964 bits per heavy atom. The van der Waals surface area contributed by atoms with Crippen molar-refractivity contribution in [1.82, 2.24) is 25.0 Å². The van der Waals surface area contributed by atoms with E-state index in [1.54, 1.807) is 48.5 Å². The number of hydrogen-bond acceptors (Lipinski definition) is 6. The van der Waals surface area contributed by atoms with E-state index < -0.39 is 11.8 Å². The van der Waals surface area contributed by atoms with Gasteiger partial charge < -0.3 is 10.6 Å². The van der Waals surface area contributed by atoms with Crippen LogP contribution < -0.4 is 10.6 Å². The normalized spacial score (nSPS) is 10.6. The molecule has 2 amide bonds. The third kappa shape index (κ3) is 3.64. The minimum atomic E-state index is -0.415. The summed E-state index contributed by atoms with van der Waals surface area (Å²) in [4.78, 5) is 29.2. The molecule has 4 aromatic rings. The van der Waals surface area contributed by atoms with E-state index >= 15 is 0 Å². The molecular formula is C18H12ClN7O2. The smallest absolute Gasteiger partial charge is 0.258 e. The number of hydrogen-bond donors (Lipinski definition) is 2. The van der Waals surface area contributed by atoms with Crippen LogP contribution in [0.3, 0.4) is 0 Å². The number of aromatic nitrogens is 5. The number of fused-ring (bicyclic) bond motifs is 1. The van der Waals surface area contributed by atoms with Crippen molar-refractivity contribution in [3.8, 4) is 0 Å². The van der Waals surface area contributed by atoms with E-state index in [0.717, 1.165) is 0 Å². The molecule has 10 heteroatoms. The van der Waals surface area contributed by atoms with Crippen molar-refractivity contribution < 1.29 is 9.59 Å². The monoisotopic (exact) mass is 393 g/mol. The van der Waals surface area contributed by atoms with Gasteiger partial charge in [0.2, 0.25) is 0 Å². The van der Waals surface area contributed by atoms with Gasteiger partial charge in [-0.2, -0.15) is 4.52 Å². The number of para-hydroxylation sites is 1. The van der Waals surface area contributed by atoms with Crippen LogP contribution in [0, 0.1) is 0 Å². The maximum atomic E-state index is 12.6. The number of anilines is 2. The van der Waals surface area contributed by atoms with Gasteiger partial charge in [-0.05, 0) is 46.8 Å². The van der Waals surface area contributed by atoms with Crippen molar-refractivity contribution in [2.45, 2.75) is 0 Å². The van der Waals surface area contributed by atoms with E-state index in [0.29, 0.717) is 27.7 Å². The maximum absolute atomic E-state index is 12.6. The highest BCUT2D eigenvalue weighted by atomic mass is 35.5. The average molecular weight is 394 g/mol. The Labute approximate surface area is 163 Å². The molecule has 2 N–H and O–H groups in total. The summed E-state index contributed by atoms with van der Waals surface area (Å²) < 4.78 is 1.39. The number of tetrazole rings is 1. The van der Waals surface area contributed by atoms with Gasteiger partial charge in [-0.3, -0.25) is 9.59 Å². The number of nitrogens with one attached hydrogen (secondary N) is 2. The highest BCUT2D eigenvalue weighted by Gasteiger charge is 2.15. The SMILES string of the molecule is O=C(Nc1ccccc1C(=O)Nc1ccc(Cl)cn1)c1ccc2nnnn2c1. The zero-order valence-corrected chi connectivity index (χ0v) is 15.0. The first-order valence-electron chi connectivity index (χ1n) is 8.11. The number of carbonyl (C=O) groups excluding carboxylic acids is 2. The number of rotatable bonds is 4. The van der Waals surface area contributed by atoms with E-state index in [1.807, 2.05) is 0 Å². The van der Waals surface area contributed by atoms with E-state index in [9.17, 15) is 9.59 Å². The van der Waals surface area contributed by atoms with Crippen LogP contribution >= 0.6 is 11.6 Å². The second-order valence-electron chi connectivity index (χ2n) is 5.71. The number of amides is 2. The Kier molecular flexibility index (Phi) is 4.65. The van der Waals surface area contributed by atoms with Gasteiger partial charge in [-0.15, -0.1) is 5.10 Å². The Bertz CT molecular complexity index is 1170. The highest BCUT2D eigenvalue weighted by molar-refractivity contribution is 6.30. The molecule has 138 valence electrons. The average Bonchev–Trinajstić information content (AvgIpc) is 3.18. The largest absolute Gasteiger partial charge is 0.321 e. The first-order chi connectivity index (χ1) is 13.6. The fourth-order valence-electron chi connectivity index (χ4n) is 2.49. The van der Waals surface area contributed by atoms with Crippen LogP contribution in [0.15, 0.2) is 60.9 Å². The van der Waals surface area contributed by atoms with Crippen molar-refractivity contribution in [3.05, 3.63) is 77.1 Å². The van der Waals surface area contributed by atoms with Crippen molar-refractivity contribution in [1.29, 1.82) is 0 Å². The molecular weight excluding hydrogens is 382 g/mol. The Morgan fingerprint density at radius 3 is 2.64 bits per heavy atom.